The summed E-state index contributed by atoms with van der Waals surface area (Å²) in [6.45, 7) is 6.97. The molecule has 0 radical (unpaired) electrons. The van der Waals surface area contributed by atoms with Gasteiger partial charge in [0, 0.05) is 23.1 Å². The molecule has 0 aliphatic rings. The minimum Gasteiger partial charge on any atom is -0.463 e. The van der Waals surface area contributed by atoms with Gasteiger partial charge in [-0.1, -0.05) is 34.6 Å². The predicted molar refractivity (Wildman–Crippen MR) is 71.6 cm³/mol. The molecule has 0 amide bonds. The normalized spacial score (nSPS) is 10.0. The zero-order valence-corrected chi connectivity index (χ0v) is 11.4. The Morgan fingerprint density at radius 3 is 2.65 bits per heavy atom. The Morgan fingerprint density at radius 1 is 1.41 bits per heavy atom. The maximum absolute atomic E-state index is 11.3. The van der Waals surface area contributed by atoms with E-state index < -0.39 is 0 Å². The molecule has 1 aromatic carbocycles. The van der Waals surface area contributed by atoms with Gasteiger partial charge in [-0.2, -0.15) is 0 Å². The molecule has 1 aromatic rings. The second-order valence-corrected chi connectivity index (χ2v) is 4.47. The van der Waals surface area contributed by atoms with Crippen molar-refractivity contribution in [3.63, 3.8) is 0 Å². The SMILES string of the molecule is C=C(CNCc1ccc(Br)cc1)C(=O)OCC. The fourth-order valence-corrected chi connectivity index (χ4v) is 1.53. The van der Waals surface area contributed by atoms with Gasteiger partial charge >= 0.3 is 5.97 Å². The summed E-state index contributed by atoms with van der Waals surface area (Å²) in [5.74, 6) is -0.337. The first kappa shape index (κ1) is 13.9. The number of halogens is 1. The number of carbonyl (C=O) groups is 1. The van der Waals surface area contributed by atoms with Crippen LogP contribution in [-0.2, 0) is 16.1 Å². The van der Waals surface area contributed by atoms with Crippen LogP contribution in [0.3, 0.4) is 0 Å². The maximum atomic E-state index is 11.3. The molecule has 0 bridgehead atoms. The lowest BCUT2D eigenvalue weighted by Gasteiger charge is -2.07. The van der Waals surface area contributed by atoms with Crippen LogP contribution in [0, 0.1) is 0 Å². The van der Waals surface area contributed by atoms with Crippen LogP contribution in [0.1, 0.15) is 12.5 Å². The molecule has 0 unspecified atom stereocenters. The van der Waals surface area contributed by atoms with Crippen LogP contribution < -0.4 is 5.32 Å². The molecule has 0 aliphatic carbocycles. The van der Waals surface area contributed by atoms with Crippen molar-refractivity contribution in [1.82, 2.24) is 5.32 Å². The monoisotopic (exact) mass is 297 g/mol. The molecular formula is C13H16BrNO2. The molecule has 0 aromatic heterocycles. The summed E-state index contributed by atoms with van der Waals surface area (Å²) in [5.41, 5.74) is 1.61. The molecule has 4 heteroatoms. The highest BCUT2D eigenvalue weighted by Gasteiger charge is 2.06. The average Bonchev–Trinajstić information content (AvgIpc) is 2.32. The van der Waals surface area contributed by atoms with E-state index in [1.807, 2.05) is 24.3 Å². The lowest BCUT2D eigenvalue weighted by atomic mass is 10.2. The Bertz CT molecular complexity index is 387. The molecule has 92 valence electrons. The molecule has 1 N–H and O–H groups in total. The molecule has 1 rings (SSSR count). The van der Waals surface area contributed by atoms with Crippen LogP contribution in [0.25, 0.3) is 0 Å². The molecule has 0 saturated carbocycles. The van der Waals surface area contributed by atoms with Gasteiger partial charge in [-0.3, -0.25) is 0 Å². The van der Waals surface area contributed by atoms with E-state index in [2.05, 4.69) is 27.8 Å². The van der Waals surface area contributed by atoms with Gasteiger partial charge in [0.2, 0.25) is 0 Å². The van der Waals surface area contributed by atoms with Gasteiger partial charge in [-0.05, 0) is 24.6 Å². The van der Waals surface area contributed by atoms with Crippen molar-refractivity contribution < 1.29 is 9.53 Å². The van der Waals surface area contributed by atoms with Crippen molar-refractivity contribution in [1.29, 1.82) is 0 Å². The number of carbonyl (C=O) groups excluding carboxylic acids is 1. The van der Waals surface area contributed by atoms with Crippen molar-refractivity contribution in [2.45, 2.75) is 13.5 Å². The Labute approximate surface area is 110 Å². The number of rotatable bonds is 6. The zero-order valence-electron chi connectivity index (χ0n) is 9.83. The van der Waals surface area contributed by atoms with Gasteiger partial charge in [-0.25, -0.2) is 4.79 Å². The van der Waals surface area contributed by atoms with Crippen molar-refractivity contribution >= 4 is 21.9 Å². The lowest BCUT2D eigenvalue weighted by molar-refractivity contribution is -0.138. The first-order valence-corrected chi connectivity index (χ1v) is 6.23. The number of esters is 1. The highest BCUT2D eigenvalue weighted by Crippen LogP contribution is 2.10. The van der Waals surface area contributed by atoms with Crippen molar-refractivity contribution in [2.24, 2.45) is 0 Å². The maximum Gasteiger partial charge on any atom is 0.334 e. The van der Waals surface area contributed by atoms with Crippen LogP contribution in [0.5, 0.6) is 0 Å². The Hall–Kier alpha value is -1.13. The van der Waals surface area contributed by atoms with E-state index in [0.29, 0.717) is 25.3 Å². The van der Waals surface area contributed by atoms with E-state index in [4.69, 9.17) is 4.74 Å². The third-order valence-electron chi connectivity index (χ3n) is 2.14. The summed E-state index contributed by atoms with van der Waals surface area (Å²) in [4.78, 5) is 11.3. The van der Waals surface area contributed by atoms with Gasteiger partial charge in [0.05, 0.1) is 6.61 Å². The minimum atomic E-state index is -0.337. The van der Waals surface area contributed by atoms with Crippen LogP contribution in [0.15, 0.2) is 40.9 Å². The van der Waals surface area contributed by atoms with E-state index in [9.17, 15) is 4.79 Å². The molecule has 0 saturated heterocycles. The molecule has 0 atom stereocenters. The first-order valence-electron chi connectivity index (χ1n) is 5.43. The van der Waals surface area contributed by atoms with E-state index in [-0.39, 0.29) is 5.97 Å². The molecular weight excluding hydrogens is 282 g/mol. The molecule has 0 heterocycles. The highest BCUT2D eigenvalue weighted by molar-refractivity contribution is 9.10. The summed E-state index contributed by atoms with van der Waals surface area (Å²) in [6, 6.07) is 8.00. The van der Waals surface area contributed by atoms with Gasteiger partial charge in [0.15, 0.2) is 0 Å². The molecule has 17 heavy (non-hydrogen) atoms. The zero-order chi connectivity index (χ0) is 12.7. The van der Waals surface area contributed by atoms with Crippen LogP contribution >= 0.6 is 15.9 Å². The summed E-state index contributed by atoms with van der Waals surface area (Å²) in [7, 11) is 0. The molecule has 3 nitrogen and oxygen atoms in total. The number of ether oxygens (including phenoxy) is 1. The third-order valence-corrected chi connectivity index (χ3v) is 2.67. The number of hydrogen-bond donors (Lipinski definition) is 1. The van der Waals surface area contributed by atoms with Crippen LogP contribution in [-0.4, -0.2) is 19.1 Å². The van der Waals surface area contributed by atoms with Gasteiger partial charge in [0.1, 0.15) is 0 Å². The first-order chi connectivity index (χ1) is 8.13. The van der Waals surface area contributed by atoms with Crippen molar-refractivity contribution in [2.75, 3.05) is 13.2 Å². The topological polar surface area (TPSA) is 38.3 Å². The largest absolute Gasteiger partial charge is 0.463 e. The lowest BCUT2D eigenvalue weighted by Crippen LogP contribution is -2.21. The number of benzene rings is 1. The third kappa shape index (κ3) is 5.15. The molecule has 0 fully saturated rings. The number of hydrogen-bond acceptors (Lipinski definition) is 3. The molecule has 0 aliphatic heterocycles. The average molecular weight is 298 g/mol. The molecule has 0 spiro atoms. The quantitative estimate of drug-likeness (QED) is 0.648. The smallest absolute Gasteiger partial charge is 0.334 e. The van der Waals surface area contributed by atoms with Crippen LogP contribution in [0.2, 0.25) is 0 Å². The number of nitrogens with one attached hydrogen (secondary N) is 1. The summed E-state index contributed by atoms with van der Waals surface area (Å²) in [6.07, 6.45) is 0. The standard InChI is InChI=1S/C13H16BrNO2/c1-3-17-13(16)10(2)8-15-9-11-4-6-12(14)7-5-11/h4-7,15H,2-3,8-9H2,1H3. The second-order valence-electron chi connectivity index (χ2n) is 3.55. The van der Waals surface area contributed by atoms with Gasteiger partial charge < -0.3 is 10.1 Å². The second kappa shape index (κ2) is 7.25. The van der Waals surface area contributed by atoms with E-state index in [1.165, 1.54) is 0 Å². The van der Waals surface area contributed by atoms with Crippen molar-refractivity contribution in [3.8, 4) is 0 Å². The fourth-order valence-electron chi connectivity index (χ4n) is 1.27. The van der Waals surface area contributed by atoms with E-state index >= 15 is 0 Å². The van der Waals surface area contributed by atoms with E-state index in [0.717, 1.165) is 10.0 Å². The van der Waals surface area contributed by atoms with E-state index in [1.54, 1.807) is 6.92 Å². The Balaban J connectivity index is 2.30. The Kier molecular flexibility index (Phi) is 5.94. The Morgan fingerprint density at radius 2 is 2.06 bits per heavy atom. The summed E-state index contributed by atoms with van der Waals surface area (Å²) in [5, 5.41) is 3.14. The minimum absolute atomic E-state index is 0.337. The highest BCUT2D eigenvalue weighted by atomic mass is 79.9. The van der Waals surface area contributed by atoms with Gasteiger partial charge in [-0.15, -0.1) is 0 Å². The summed E-state index contributed by atoms with van der Waals surface area (Å²) >= 11 is 3.38. The van der Waals surface area contributed by atoms with Crippen LogP contribution in [0.4, 0.5) is 0 Å². The summed E-state index contributed by atoms with van der Waals surface area (Å²) < 4.78 is 5.89. The predicted octanol–water partition coefficient (Wildman–Crippen LogP) is 2.66. The van der Waals surface area contributed by atoms with Gasteiger partial charge in [0.25, 0.3) is 0 Å². The fraction of sp³-hybridized carbons (Fsp3) is 0.308. The van der Waals surface area contributed by atoms with Crippen molar-refractivity contribution in [3.05, 3.63) is 46.5 Å².